The molecule has 122 valence electrons. The van der Waals surface area contributed by atoms with Crippen LogP contribution >= 0.6 is 12.4 Å². The first-order valence-electron chi connectivity index (χ1n) is 7.43. The number of carbonyl (C=O) groups excluding carboxylic acids is 2. The Labute approximate surface area is 137 Å². The number of benzene rings is 1. The van der Waals surface area contributed by atoms with Crippen LogP contribution in [0.3, 0.4) is 0 Å². The molecule has 0 saturated carbocycles. The summed E-state index contributed by atoms with van der Waals surface area (Å²) in [6.07, 6.45) is 0. The standard InChI is InChI=1S/C16H23N3O2.ClH/c1-4-18-16(21)12-6-5-10(2)14(7-12)19-15(20)11(3)13-8-17-9-13;/h5-7,11,13,17H,4,8-9H2,1-3H3,(H,18,21)(H,19,20);1H. The number of nitrogens with one attached hydrogen (secondary N) is 3. The fourth-order valence-electron chi connectivity index (χ4n) is 2.29. The highest BCUT2D eigenvalue weighted by atomic mass is 35.5. The van der Waals surface area contributed by atoms with Gasteiger partial charge >= 0.3 is 0 Å². The summed E-state index contributed by atoms with van der Waals surface area (Å²) in [6.45, 7) is 8.12. The minimum atomic E-state index is -0.121. The third kappa shape index (κ3) is 4.21. The molecule has 0 radical (unpaired) electrons. The monoisotopic (exact) mass is 325 g/mol. The lowest BCUT2D eigenvalue weighted by Gasteiger charge is -2.31. The van der Waals surface area contributed by atoms with E-state index >= 15 is 0 Å². The van der Waals surface area contributed by atoms with Gasteiger partial charge in [-0.25, -0.2) is 0 Å². The molecule has 1 heterocycles. The molecular formula is C16H24ClN3O2. The van der Waals surface area contributed by atoms with E-state index in [1.54, 1.807) is 12.1 Å². The fourth-order valence-corrected chi connectivity index (χ4v) is 2.29. The van der Waals surface area contributed by atoms with E-state index in [1.165, 1.54) is 0 Å². The SMILES string of the molecule is CCNC(=O)c1ccc(C)c(NC(=O)C(C)C2CNC2)c1.Cl. The molecule has 3 N–H and O–H groups in total. The second-order valence-electron chi connectivity index (χ2n) is 5.59. The van der Waals surface area contributed by atoms with Gasteiger partial charge in [-0.15, -0.1) is 12.4 Å². The molecule has 0 bridgehead atoms. The first-order valence-corrected chi connectivity index (χ1v) is 7.43. The Morgan fingerprint density at radius 2 is 2.05 bits per heavy atom. The van der Waals surface area contributed by atoms with Gasteiger partial charge in [-0.3, -0.25) is 9.59 Å². The summed E-state index contributed by atoms with van der Waals surface area (Å²) < 4.78 is 0. The molecule has 1 aromatic rings. The zero-order valence-corrected chi connectivity index (χ0v) is 14.0. The molecular weight excluding hydrogens is 302 g/mol. The summed E-state index contributed by atoms with van der Waals surface area (Å²) in [5, 5.41) is 8.89. The number of hydrogen-bond acceptors (Lipinski definition) is 3. The van der Waals surface area contributed by atoms with Crippen molar-refractivity contribution in [1.82, 2.24) is 10.6 Å². The Balaban J connectivity index is 0.00000242. The molecule has 1 aliphatic heterocycles. The van der Waals surface area contributed by atoms with Crippen molar-refractivity contribution in [2.75, 3.05) is 25.0 Å². The van der Waals surface area contributed by atoms with Gasteiger partial charge in [0.2, 0.25) is 5.91 Å². The van der Waals surface area contributed by atoms with Crippen LogP contribution in [-0.4, -0.2) is 31.4 Å². The van der Waals surface area contributed by atoms with E-state index in [0.717, 1.165) is 18.7 Å². The van der Waals surface area contributed by atoms with Crippen molar-refractivity contribution in [3.8, 4) is 0 Å². The van der Waals surface area contributed by atoms with Crippen molar-refractivity contribution in [3.63, 3.8) is 0 Å². The first-order chi connectivity index (χ1) is 10.0. The topological polar surface area (TPSA) is 70.2 Å². The van der Waals surface area contributed by atoms with E-state index in [9.17, 15) is 9.59 Å². The maximum atomic E-state index is 12.3. The molecule has 1 saturated heterocycles. The van der Waals surface area contributed by atoms with Crippen LogP contribution in [0.15, 0.2) is 18.2 Å². The summed E-state index contributed by atoms with van der Waals surface area (Å²) in [4.78, 5) is 24.1. The largest absolute Gasteiger partial charge is 0.352 e. The molecule has 22 heavy (non-hydrogen) atoms. The Bertz CT molecular complexity index is 544. The zero-order chi connectivity index (χ0) is 15.4. The van der Waals surface area contributed by atoms with E-state index in [1.807, 2.05) is 26.8 Å². The van der Waals surface area contributed by atoms with Crippen molar-refractivity contribution in [2.24, 2.45) is 11.8 Å². The van der Waals surface area contributed by atoms with Gasteiger partial charge in [0.05, 0.1) is 0 Å². The third-order valence-electron chi connectivity index (χ3n) is 4.03. The van der Waals surface area contributed by atoms with Gasteiger partial charge in [0.25, 0.3) is 5.91 Å². The lowest BCUT2D eigenvalue weighted by Crippen LogP contribution is -2.48. The average Bonchev–Trinajstić information content (AvgIpc) is 2.39. The van der Waals surface area contributed by atoms with Gasteiger partial charge < -0.3 is 16.0 Å². The minimum absolute atomic E-state index is 0. The Morgan fingerprint density at radius 1 is 1.36 bits per heavy atom. The number of rotatable bonds is 5. The van der Waals surface area contributed by atoms with Crippen LogP contribution in [0.5, 0.6) is 0 Å². The molecule has 0 aromatic heterocycles. The molecule has 1 atom stereocenters. The maximum Gasteiger partial charge on any atom is 0.251 e. The Kier molecular flexibility index (Phi) is 6.84. The van der Waals surface area contributed by atoms with Gasteiger partial charge in [0.1, 0.15) is 0 Å². The van der Waals surface area contributed by atoms with E-state index in [-0.39, 0.29) is 30.1 Å². The molecule has 2 amide bonds. The number of amides is 2. The lowest BCUT2D eigenvalue weighted by atomic mass is 9.88. The van der Waals surface area contributed by atoms with Crippen LogP contribution in [0.2, 0.25) is 0 Å². The molecule has 1 fully saturated rings. The summed E-state index contributed by atoms with van der Waals surface area (Å²) >= 11 is 0. The molecule has 0 aliphatic carbocycles. The normalized spacial score (nSPS) is 15.2. The quantitative estimate of drug-likeness (QED) is 0.775. The van der Waals surface area contributed by atoms with E-state index < -0.39 is 0 Å². The van der Waals surface area contributed by atoms with Gasteiger partial charge in [-0.05, 0) is 50.6 Å². The van der Waals surface area contributed by atoms with Crippen molar-refractivity contribution in [3.05, 3.63) is 29.3 Å². The zero-order valence-electron chi connectivity index (χ0n) is 13.2. The van der Waals surface area contributed by atoms with Crippen molar-refractivity contribution < 1.29 is 9.59 Å². The minimum Gasteiger partial charge on any atom is -0.352 e. The molecule has 1 aromatic carbocycles. The van der Waals surface area contributed by atoms with Crippen molar-refractivity contribution in [1.29, 1.82) is 0 Å². The number of halogens is 1. The lowest BCUT2D eigenvalue weighted by molar-refractivity contribution is -0.121. The number of aryl methyl sites for hydroxylation is 1. The van der Waals surface area contributed by atoms with Gasteiger partial charge in [0.15, 0.2) is 0 Å². The molecule has 6 heteroatoms. The van der Waals surface area contributed by atoms with Crippen molar-refractivity contribution >= 4 is 29.9 Å². The van der Waals surface area contributed by atoms with E-state index in [4.69, 9.17) is 0 Å². The van der Waals surface area contributed by atoms with Gasteiger partial charge in [-0.1, -0.05) is 13.0 Å². The molecule has 1 unspecified atom stereocenters. The highest BCUT2D eigenvalue weighted by molar-refractivity contribution is 5.98. The number of hydrogen-bond donors (Lipinski definition) is 3. The molecule has 5 nitrogen and oxygen atoms in total. The smallest absolute Gasteiger partial charge is 0.251 e. The van der Waals surface area contributed by atoms with Crippen LogP contribution in [-0.2, 0) is 4.79 Å². The third-order valence-corrected chi connectivity index (χ3v) is 4.03. The molecule has 0 spiro atoms. The van der Waals surface area contributed by atoms with Crippen LogP contribution in [0.1, 0.15) is 29.8 Å². The van der Waals surface area contributed by atoms with Crippen LogP contribution in [0.25, 0.3) is 0 Å². The van der Waals surface area contributed by atoms with Crippen molar-refractivity contribution in [2.45, 2.75) is 20.8 Å². The van der Waals surface area contributed by atoms with Crippen LogP contribution < -0.4 is 16.0 Å². The predicted octanol–water partition coefficient (Wildman–Crippen LogP) is 1.96. The average molecular weight is 326 g/mol. The Morgan fingerprint density at radius 3 is 2.59 bits per heavy atom. The summed E-state index contributed by atoms with van der Waals surface area (Å²) in [6, 6.07) is 5.37. The summed E-state index contributed by atoms with van der Waals surface area (Å²) in [5.41, 5.74) is 2.23. The summed E-state index contributed by atoms with van der Waals surface area (Å²) in [5.74, 6) is 0.262. The maximum absolute atomic E-state index is 12.3. The van der Waals surface area contributed by atoms with E-state index in [2.05, 4.69) is 16.0 Å². The van der Waals surface area contributed by atoms with Crippen LogP contribution in [0.4, 0.5) is 5.69 Å². The van der Waals surface area contributed by atoms with Crippen LogP contribution in [0, 0.1) is 18.8 Å². The van der Waals surface area contributed by atoms with Gasteiger partial charge in [0, 0.05) is 23.7 Å². The molecule has 1 aliphatic rings. The fraction of sp³-hybridized carbons (Fsp3) is 0.500. The Hall–Kier alpha value is -1.59. The van der Waals surface area contributed by atoms with Gasteiger partial charge in [-0.2, -0.15) is 0 Å². The highest BCUT2D eigenvalue weighted by Gasteiger charge is 2.28. The number of carbonyl (C=O) groups is 2. The van der Waals surface area contributed by atoms with E-state index in [0.29, 0.717) is 23.7 Å². The second kappa shape index (κ2) is 8.15. The number of anilines is 1. The highest BCUT2D eigenvalue weighted by Crippen LogP contribution is 2.21. The second-order valence-corrected chi connectivity index (χ2v) is 5.59. The molecule has 2 rings (SSSR count). The predicted molar refractivity (Wildman–Crippen MR) is 90.6 cm³/mol. The first kappa shape index (κ1) is 18.5. The summed E-state index contributed by atoms with van der Waals surface area (Å²) in [7, 11) is 0.